The number of thiol groups is 1. The number of nitro groups is 1. The Bertz CT molecular complexity index is 339. The molecule has 1 aromatic rings. The van der Waals surface area contributed by atoms with Crippen molar-refractivity contribution in [3.8, 4) is 11.5 Å². The van der Waals surface area contributed by atoms with Crippen LogP contribution in [-0.4, -0.2) is 15.1 Å². The van der Waals surface area contributed by atoms with Gasteiger partial charge in [0.15, 0.2) is 5.75 Å². The van der Waals surface area contributed by atoms with Crippen LogP contribution in [0.1, 0.15) is 0 Å². The number of phenols is 2. The topological polar surface area (TPSA) is 83.6 Å². The van der Waals surface area contributed by atoms with E-state index in [0.717, 1.165) is 12.1 Å². The Morgan fingerprint density at radius 1 is 1.33 bits per heavy atom. The molecule has 0 aliphatic rings. The third-order valence-electron chi connectivity index (χ3n) is 1.27. The molecule has 1 rings (SSSR count). The van der Waals surface area contributed by atoms with Gasteiger partial charge in [0.2, 0.25) is 0 Å². The second-order valence-electron chi connectivity index (χ2n) is 2.09. The Morgan fingerprint density at radius 3 is 2.42 bits per heavy atom. The van der Waals surface area contributed by atoms with Crippen molar-refractivity contribution in [1.29, 1.82) is 0 Å². The summed E-state index contributed by atoms with van der Waals surface area (Å²) in [5, 5.41) is 28.2. The van der Waals surface area contributed by atoms with E-state index in [9.17, 15) is 10.1 Å². The molecule has 6 heteroatoms. The van der Waals surface area contributed by atoms with Gasteiger partial charge in [0, 0.05) is 6.07 Å². The molecule has 0 unspecified atom stereocenters. The summed E-state index contributed by atoms with van der Waals surface area (Å²) in [6.07, 6.45) is 0. The Kier molecular flexibility index (Phi) is 2.09. The molecule has 0 fully saturated rings. The van der Waals surface area contributed by atoms with Gasteiger partial charge in [0.25, 0.3) is 0 Å². The Labute approximate surface area is 72.8 Å². The fourth-order valence-electron chi connectivity index (χ4n) is 0.701. The molecule has 5 nitrogen and oxygen atoms in total. The zero-order valence-electron chi connectivity index (χ0n) is 5.76. The molecule has 0 saturated heterocycles. The molecule has 0 bridgehead atoms. The van der Waals surface area contributed by atoms with Gasteiger partial charge >= 0.3 is 5.69 Å². The quantitative estimate of drug-likeness (QED) is 0.268. The number of nitrogens with zero attached hydrogens (tertiary/aromatic N) is 1. The monoisotopic (exact) mass is 187 g/mol. The van der Waals surface area contributed by atoms with Crippen LogP contribution in [0.5, 0.6) is 11.5 Å². The van der Waals surface area contributed by atoms with Crippen LogP contribution in [0, 0.1) is 10.1 Å². The third-order valence-corrected chi connectivity index (χ3v) is 1.63. The van der Waals surface area contributed by atoms with Gasteiger partial charge in [0.1, 0.15) is 5.75 Å². The van der Waals surface area contributed by atoms with E-state index < -0.39 is 16.4 Å². The normalized spacial score (nSPS) is 9.75. The van der Waals surface area contributed by atoms with Crippen molar-refractivity contribution in [2.75, 3.05) is 0 Å². The van der Waals surface area contributed by atoms with Gasteiger partial charge in [-0.2, -0.15) is 0 Å². The molecule has 12 heavy (non-hydrogen) atoms. The van der Waals surface area contributed by atoms with Crippen molar-refractivity contribution >= 4 is 18.3 Å². The van der Waals surface area contributed by atoms with Gasteiger partial charge in [-0.1, -0.05) is 0 Å². The number of nitro benzene ring substituents is 1. The van der Waals surface area contributed by atoms with Crippen molar-refractivity contribution in [2.45, 2.75) is 4.90 Å². The van der Waals surface area contributed by atoms with E-state index in [1.165, 1.54) is 0 Å². The van der Waals surface area contributed by atoms with E-state index in [4.69, 9.17) is 10.2 Å². The van der Waals surface area contributed by atoms with Crippen LogP contribution in [-0.2, 0) is 0 Å². The fourth-order valence-corrected chi connectivity index (χ4v) is 0.888. The average Bonchev–Trinajstić information content (AvgIpc) is 1.96. The largest absolute Gasteiger partial charge is 0.507 e. The zero-order valence-corrected chi connectivity index (χ0v) is 6.65. The molecule has 0 radical (unpaired) electrons. The second kappa shape index (κ2) is 2.90. The van der Waals surface area contributed by atoms with Gasteiger partial charge in [0.05, 0.1) is 15.9 Å². The molecule has 0 amide bonds. The lowest BCUT2D eigenvalue weighted by atomic mass is 10.3. The maximum Gasteiger partial charge on any atom is 0.314 e. The minimum atomic E-state index is -0.789. The lowest BCUT2D eigenvalue weighted by Crippen LogP contribution is -1.88. The Hall–Kier alpha value is -1.43. The van der Waals surface area contributed by atoms with Gasteiger partial charge in [-0.05, 0) is 0 Å². The summed E-state index contributed by atoms with van der Waals surface area (Å²) in [4.78, 5) is 9.50. The summed E-state index contributed by atoms with van der Waals surface area (Å²) >= 11 is 3.75. The summed E-state index contributed by atoms with van der Waals surface area (Å²) in [5.74, 6) is -0.842. The molecule has 0 aliphatic carbocycles. The zero-order chi connectivity index (χ0) is 9.30. The van der Waals surface area contributed by atoms with Crippen LogP contribution in [0.2, 0.25) is 0 Å². The van der Waals surface area contributed by atoms with Crippen LogP contribution in [0.25, 0.3) is 0 Å². The van der Waals surface area contributed by atoms with Gasteiger partial charge < -0.3 is 10.2 Å². The molecule has 0 heterocycles. The molecule has 64 valence electrons. The highest BCUT2D eigenvalue weighted by Gasteiger charge is 2.15. The first-order valence-corrected chi connectivity index (χ1v) is 3.36. The van der Waals surface area contributed by atoms with Crippen molar-refractivity contribution in [2.24, 2.45) is 0 Å². The summed E-state index contributed by atoms with van der Waals surface area (Å²) in [6.45, 7) is 0. The van der Waals surface area contributed by atoms with Crippen molar-refractivity contribution in [1.82, 2.24) is 0 Å². The van der Waals surface area contributed by atoms with Gasteiger partial charge in [-0.3, -0.25) is 10.1 Å². The van der Waals surface area contributed by atoms with E-state index in [0.29, 0.717) is 0 Å². The lowest BCUT2D eigenvalue weighted by molar-refractivity contribution is -0.386. The minimum absolute atomic E-state index is 0.0955. The van der Waals surface area contributed by atoms with E-state index in [1.807, 2.05) is 0 Å². The Morgan fingerprint density at radius 2 is 1.92 bits per heavy atom. The number of rotatable bonds is 1. The molecule has 0 atom stereocenters. The highest BCUT2D eigenvalue weighted by Crippen LogP contribution is 2.34. The van der Waals surface area contributed by atoms with Crippen molar-refractivity contribution in [3.63, 3.8) is 0 Å². The average molecular weight is 187 g/mol. The molecule has 0 aromatic heterocycles. The highest BCUT2D eigenvalue weighted by molar-refractivity contribution is 7.80. The fraction of sp³-hybridized carbons (Fsp3) is 0. The van der Waals surface area contributed by atoms with Crippen LogP contribution < -0.4 is 0 Å². The minimum Gasteiger partial charge on any atom is -0.507 e. The smallest absolute Gasteiger partial charge is 0.314 e. The van der Waals surface area contributed by atoms with Gasteiger partial charge in [-0.25, -0.2) is 0 Å². The first kappa shape index (κ1) is 8.66. The molecular weight excluding hydrogens is 182 g/mol. The molecule has 2 N–H and O–H groups in total. The Balaban J connectivity index is 3.33. The number of benzene rings is 1. The maximum absolute atomic E-state index is 10.2. The lowest BCUT2D eigenvalue weighted by Gasteiger charge is -1.99. The van der Waals surface area contributed by atoms with Gasteiger partial charge in [-0.15, -0.1) is 12.6 Å². The number of hydrogen-bond acceptors (Lipinski definition) is 5. The maximum atomic E-state index is 10.2. The standard InChI is InChI=1S/C6H5NO4S/c8-4-2-6(12)5(9)1-3(4)7(10)11/h1-2,8-9,12H. The van der Waals surface area contributed by atoms with E-state index >= 15 is 0 Å². The number of hydrogen-bond donors (Lipinski definition) is 3. The van der Waals surface area contributed by atoms with E-state index in [2.05, 4.69) is 12.6 Å². The van der Waals surface area contributed by atoms with Crippen LogP contribution in [0.4, 0.5) is 5.69 Å². The second-order valence-corrected chi connectivity index (χ2v) is 2.57. The first-order chi connectivity index (χ1) is 5.52. The predicted molar refractivity (Wildman–Crippen MR) is 43.7 cm³/mol. The van der Waals surface area contributed by atoms with Crippen molar-refractivity contribution < 1.29 is 15.1 Å². The van der Waals surface area contributed by atoms with Crippen LogP contribution in [0.3, 0.4) is 0 Å². The van der Waals surface area contributed by atoms with Crippen LogP contribution in [0.15, 0.2) is 17.0 Å². The third kappa shape index (κ3) is 1.42. The molecule has 0 spiro atoms. The van der Waals surface area contributed by atoms with E-state index in [1.54, 1.807) is 0 Å². The first-order valence-electron chi connectivity index (χ1n) is 2.91. The number of phenolic OH excluding ortho intramolecular Hbond substituents is 2. The van der Waals surface area contributed by atoms with Crippen LogP contribution >= 0.6 is 12.6 Å². The molecule has 0 saturated carbocycles. The van der Waals surface area contributed by atoms with Crippen molar-refractivity contribution in [3.05, 3.63) is 22.2 Å². The molecular formula is C6H5NO4S. The summed E-state index contributed by atoms with van der Waals surface area (Å²) < 4.78 is 0. The summed E-state index contributed by atoms with van der Waals surface area (Å²) in [6, 6.07) is 1.86. The summed E-state index contributed by atoms with van der Waals surface area (Å²) in [5.41, 5.74) is -0.537. The summed E-state index contributed by atoms with van der Waals surface area (Å²) in [7, 11) is 0. The SMILES string of the molecule is O=[N+]([O-])c1cc(O)c(S)cc1O. The predicted octanol–water partition coefficient (Wildman–Crippen LogP) is 1.29. The van der Waals surface area contributed by atoms with E-state index in [-0.39, 0.29) is 10.6 Å². The molecule has 0 aliphatic heterocycles. The molecule has 1 aromatic carbocycles. The number of aromatic hydroxyl groups is 2. The highest BCUT2D eigenvalue weighted by atomic mass is 32.1.